The van der Waals surface area contributed by atoms with Crippen LogP contribution in [0.4, 0.5) is 0 Å². The number of rotatable bonds is 3. The summed E-state index contributed by atoms with van der Waals surface area (Å²) in [6.07, 6.45) is 0. The van der Waals surface area contributed by atoms with Crippen molar-refractivity contribution in [1.82, 2.24) is 5.48 Å². The van der Waals surface area contributed by atoms with E-state index >= 15 is 0 Å². The molecule has 1 aliphatic rings. The molecule has 0 bridgehead atoms. The van der Waals surface area contributed by atoms with Crippen LogP contribution in [0.5, 0.6) is 5.75 Å². The topological polar surface area (TPSA) is 50.7 Å². The van der Waals surface area contributed by atoms with Crippen molar-refractivity contribution in [2.75, 3.05) is 7.11 Å². The smallest absolute Gasteiger partial charge is 0.123 e. The van der Waals surface area contributed by atoms with Crippen LogP contribution in [-0.4, -0.2) is 12.3 Å². The number of hydrogen-bond acceptors (Lipinski definition) is 4. The number of fused-ring (bicyclic) bond motifs is 1. The number of hydrogen-bond donors (Lipinski definition) is 2. The average Bonchev–Trinajstić information content (AvgIpc) is 2.67. The van der Waals surface area contributed by atoms with Crippen LogP contribution in [0.25, 0.3) is 0 Å². The maximum absolute atomic E-state index is 8.72. The second-order valence-electron chi connectivity index (χ2n) is 3.21. The first-order valence-corrected chi connectivity index (χ1v) is 4.49. The Bertz CT molecular complexity index is 338. The molecule has 1 aromatic rings. The molecule has 2 N–H and O–H groups in total. The van der Waals surface area contributed by atoms with Gasteiger partial charge in [0, 0.05) is 12.1 Å². The van der Waals surface area contributed by atoms with E-state index in [2.05, 4.69) is 5.48 Å². The third-order valence-corrected chi connectivity index (χ3v) is 2.46. The molecule has 14 heavy (non-hydrogen) atoms. The number of nitrogens with one attached hydrogen (secondary N) is 1. The second kappa shape index (κ2) is 3.96. The SMILES string of the molecule is COc1ccc2c(c1CNO)COC2. The van der Waals surface area contributed by atoms with E-state index in [1.54, 1.807) is 7.11 Å². The molecular weight excluding hydrogens is 182 g/mol. The number of hydroxylamine groups is 1. The maximum Gasteiger partial charge on any atom is 0.123 e. The first kappa shape index (κ1) is 9.45. The van der Waals surface area contributed by atoms with E-state index in [9.17, 15) is 0 Å². The molecule has 2 rings (SSSR count). The fraction of sp³-hybridized carbons (Fsp3) is 0.400. The summed E-state index contributed by atoms with van der Waals surface area (Å²) in [6.45, 7) is 1.64. The van der Waals surface area contributed by atoms with E-state index < -0.39 is 0 Å². The van der Waals surface area contributed by atoms with Crippen LogP contribution in [0.1, 0.15) is 16.7 Å². The molecule has 0 aliphatic carbocycles. The molecule has 0 fully saturated rings. The van der Waals surface area contributed by atoms with Crippen LogP contribution in [0.2, 0.25) is 0 Å². The molecule has 0 unspecified atom stereocenters. The van der Waals surface area contributed by atoms with Crippen molar-refractivity contribution in [3.05, 3.63) is 28.8 Å². The first-order chi connectivity index (χ1) is 6.86. The molecule has 0 aromatic heterocycles. The monoisotopic (exact) mass is 195 g/mol. The fourth-order valence-electron chi connectivity index (χ4n) is 1.76. The molecule has 4 nitrogen and oxygen atoms in total. The summed E-state index contributed by atoms with van der Waals surface area (Å²) in [4.78, 5) is 0. The van der Waals surface area contributed by atoms with Gasteiger partial charge in [0.1, 0.15) is 5.75 Å². The summed E-state index contributed by atoms with van der Waals surface area (Å²) in [5, 5.41) is 8.72. The van der Waals surface area contributed by atoms with Crippen LogP contribution < -0.4 is 10.2 Å². The molecule has 0 radical (unpaired) electrons. The Balaban J connectivity index is 2.45. The lowest BCUT2D eigenvalue weighted by Crippen LogP contribution is -2.10. The number of methoxy groups -OCH3 is 1. The van der Waals surface area contributed by atoms with Gasteiger partial charge in [0.15, 0.2) is 0 Å². The lowest BCUT2D eigenvalue weighted by molar-refractivity contribution is 0.132. The number of benzene rings is 1. The number of ether oxygens (including phenoxy) is 2. The molecule has 0 atom stereocenters. The van der Waals surface area contributed by atoms with E-state index in [0.29, 0.717) is 19.8 Å². The van der Waals surface area contributed by atoms with Gasteiger partial charge < -0.3 is 14.7 Å². The van der Waals surface area contributed by atoms with E-state index in [0.717, 1.165) is 16.9 Å². The molecule has 4 heteroatoms. The molecule has 0 saturated carbocycles. The van der Waals surface area contributed by atoms with Gasteiger partial charge in [0.2, 0.25) is 0 Å². The second-order valence-corrected chi connectivity index (χ2v) is 3.21. The van der Waals surface area contributed by atoms with Gasteiger partial charge in [-0.3, -0.25) is 0 Å². The van der Waals surface area contributed by atoms with Gasteiger partial charge in [-0.15, -0.1) is 0 Å². The predicted octanol–water partition coefficient (Wildman–Crippen LogP) is 1.20. The van der Waals surface area contributed by atoms with Crippen molar-refractivity contribution in [3.63, 3.8) is 0 Å². The normalized spacial score (nSPS) is 14.1. The zero-order valence-electron chi connectivity index (χ0n) is 8.04. The molecule has 1 aliphatic heterocycles. The molecule has 1 heterocycles. The van der Waals surface area contributed by atoms with Gasteiger partial charge in [0.25, 0.3) is 0 Å². The van der Waals surface area contributed by atoms with Gasteiger partial charge in [-0.2, -0.15) is 0 Å². The minimum Gasteiger partial charge on any atom is -0.496 e. The Morgan fingerprint density at radius 2 is 2.36 bits per heavy atom. The van der Waals surface area contributed by atoms with Gasteiger partial charge in [-0.1, -0.05) is 6.07 Å². The van der Waals surface area contributed by atoms with Crippen LogP contribution in [-0.2, 0) is 24.5 Å². The Labute approximate surface area is 82.4 Å². The highest BCUT2D eigenvalue weighted by atomic mass is 16.5. The highest BCUT2D eigenvalue weighted by Crippen LogP contribution is 2.30. The van der Waals surface area contributed by atoms with Crippen molar-refractivity contribution in [2.45, 2.75) is 19.8 Å². The third-order valence-electron chi connectivity index (χ3n) is 2.46. The summed E-state index contributed by atoms with van der Waals surface area (Å²) in [5.74, 6) is 0.788. The maximum atomic E-state index is 8.72. The quantitative estimate of drug-likeness (QED) is 0.712. The van der Waals surface area contributed by atoms with Gasteiger partial charge in [-0.05, 0) is 17.2 Å². The van der Waals surface area contributed by atoms with E-state index in [1.807, 2.05) is 12.1 Å². The Hall–Kier alpha value is -1.10. The third kappa shape index (κ3) is 1.48. The molecule has 0 spiro atoms. The molecular formula is C10H13NO3. The van der Waals surface area contributed by atoms with Crippen LogP contribution in [0.3, 0.4) is 0 Å². The van der Waals surface area contributed by atoms with Crippen molar-refractivity contribution in [3.8, 4) is 5.75 Å². The minimum absolute atomic E-state index is 0.385. The lowest BCUT2D eigenvalue weighted by Gasteiger charge is -2.11. The Morgan fingerprint density at radius 3 is 3.07 bits per heavy atom. The first-order valence-electron chi connectivity index (χ1n) is 4.49. The summed E-state index contributed by atoms with van der Waals surface area (Å²) in [6, 6.07) is 3.90. The van der Waals surface area contributed by atoms with Crippen molar-refractivity contribution >= 4 is 0 Å². The molecule has 76 valence electrons. The molecule has 0 amide bonds. The average molecular weight is 195 g/mol. The summed E-state index contributed by atoms with van der Waals surface area (Å²) in [7, 11) is 1.62. The van der Waals surface area contributed by atoms with Gasteiger partial charge in [0.05, 0.1) is 20.3 Å². The summed E-state index contributed by atoms with van der Waals surface area (Å²) < 4.78 is 10.6. The fourth-order valence-corrected chi connectivity index (χ4v) is 1.76. The molecule has 0 saturated heterocycles. The van der Waals surface area contributed by atoms with Gasteiger partial charge in [-0.25, -0.2) is 5.48 Å². The largest absolute Gasteiger partial charge is 0.496 e. The van der Waals surface area contributed by atoms with Crippen molar-refractivity contribution in [2.24, 2.45) is 0 Å². The van der Waals surface area contributed by atoms with Gasteiger partial charge >= 0.3 is 0 Å². The van der Waals surface area contributed by atoms with E-state index in [4.69, 9.17) is 14.7 Å². The summed E-state index contributed by atoms with van der Waals surface area (Å²) >= 11 is 0. The predicted molar refractivity (Wildman–Crippen MR) is 50.1 cm³/mol. The van der Waals surface area contributed by atoms with Crippen LogP contribution >= 0.6 is 0 Å². The Kier molecular flexibility index (Phi) is 2.67. The Morgan fingerprint density at radius 1 is 1.50 bits per heavy atom. The summed E-state index contributed by atoms with van der Waals surface area (Å²) in [5.41, 5.74) is 5.44. The standard InChI is InChI=1S/C10H13NO3/c1-13-10-3-2-7-5-14-6-9(7)8(10)4-11-12/h2-3,11-12H,4-6H2,1H3. The van der Waals surface area contributed by atoms with Crippen molar-refractivity contribution < 1.29 is 14.7 Å². The zero-order valence-corrected chi connectivity index (χ0v) is 8.04. The van der Waals surface area contributed by atoms with Crippen LogP contribution in [0.15, 0.2) is 12.1 Å². The lowest BCUT2D eigenvalue weighted by atomic mass is 10.0. The highest BCUT2D eigenvalue weighted by Gasteiger charge is 2.18. The van der Waals surface area contributed by atoms with E-state index in [1.165, 1.54) is 5.56 Å². The highest BCUT2D eigenvalue weighted by molar-refractivity contribution is 5.45. The zero-order chi connectivity index (χ0) is 9.97. The van der Waals surface area contributed by atoms with E-state index in [-0.39, 0.29) is 0 Å². The van der Waals surface area contributed by atoms with Crippen LogP contribution in [0, 0.1) is 0 Å². The molecule has 1 aromatic carbocycles. The van der Waals surface area contributed by atoms with Crippen molar-refractivity contribution in [1.29, 1.82) is 0 Å². The minimum atomic E-state index is 0.385.